The number of aromatic nitrogens is 4. The fraction of sp³-hybridized carbons (Fsp3) is 0.222. The second kappa shape index (κ2) is 8.16. The summed E-state index contributed by atoms with van der Waals surface area (Å²) in [5, 5.41) is 8.07. The minimum Gasteiger partial charge on any atom is -0.365 e. The summed E-state index contributed by atoms with van der Waals surface area (Å²) in [7, 11) is -3.90. The van der Waals surface area contributed by atoms with E-state index in [-0.39, 0.29) is 4.90 Å². The van der Waals surface area contributed by atoms with Crippen LogP contribution >= 0.6 is 0 Å². The topological polar surface area (TPSA) is 89.8 Å². The predicted octanol–water partition coefficient (Wildman–Crippen LogP) is 4.35. The zero-order valence-corrected chi connectivity index (χ0v) is 20.1. The van der Waals surface area contributed by atoms with Crippen LogP contribution < -0.4 is 5.32 Å². The van der Waals surface area contributed by atoms with Crippen molar-refractivity contribution in [3.63, 3.8) is 0 Å². The number of hydrogen-bond acceptors (Lipinski definition) is 6. The minimum absolute atomic E-state index is 0.222. The third kappa shape index (κ3) is 3.74. The van der Waals surface area contributed by atoms with E-state index >= 15 is 0 Å². The van der Waals surface area contributed by atoms with E-state index < -0.39 is 15.4 Å². The van der Waals surface area contributed by atoms with Gasteiger partial charge in [0.2, 0.25) is 0 Å². The normalized spacial score (nSPS) is 16.6. The highest BCUT2D eigenvalue weighted by atomic mass is 32.2. The van der Waals surface area contributed by atoms with Crippen LogP contribution in [0.4, 0.5) is 5.82 Å². The molecular formula is C27H25N5O2S. The quantitative estimate of drug-likeness (QED) is 0.439. The molecule has 0 amide bonds. The first kappa shape index (κ1) is 21.7. The lowest BCUT2D eigenvalue weighted by atomic mass is 9.69. The number of fused-ring (bicyclic) bond motifs is 1. The molecule has 8 heteroatoms. The van der Waals surface area contributed by atoms with E-state index in [1.807, 2.05) is 49.4 Å². The van der Waals surface area contributed by atoms with Gasteiger partial charge in [0, 0.05) is 48.2 Å². The molecule has 0 unspecified atom stereocenters. The molecule has 35 heavy (non-hydrogen) atoms. The smallest absolute Gasteiger partial charge is 0.283 e. The van der Waals surface area contributed by atoms with Crippen LogP contribution in [0.5, 0.6) is 0 Å². The molecule has 1 fully saturated rings. The molecule has 3 heterocycles. The molecule has 0 radical (unpaired) electrons. The van der Waals surface area contributed by atoms with E-state index in [1.165, 1.54) is 4.09 Å². The Kier molecular flexibility index (Phi) is 5.07. The summed E-state index contributed by atoms with van der Waals surface area (Å²) >= 11 is 0. The van der Waals surface area contributed by atoms with Crippen molar-refractivity contribution >= 4 is 21.9 Å². The molecule has 4 aromatic rings. The van der Waals surface area contributed by atoms with Gasteiger partial charge in [0.05, 0.1) is 10.6 Å². The summed E-state index contributed by atoms with van der Waals surface area (Å²) in [6.07, 6.45) is 13.8. The maximum absolute atomic E-state index is 13.8. The second-order valence-corrected chi connectivity index (χ2v) is 11.0. The number of nitrogens with one attached hydrogen (secondary N) is 1. The predicted molar refractivity (Wildman–Crippen MR) is 135 cm³/mol. The van der Waals surface area contributed by atoms with Gasteiger partial charge in [-0.05, 0) is 67.3 Å². The highest BCUT2D eigenvalue weighted by Crippen LogP contribution is 2.44. The molecule has 7 nitrogen and oxygen atoms in total. The molecule has 6 rings (SSSR count). The van der Waals surface area contributed by atoms with Gasteiger partial charge in [-0.15, -0.1) is 5.10 Å². The highest BCUT2D eigenvalue weighted by molar-refractivity contribution is 7.89. The summed E-state index contributed by atoms with van der Waals surface area (Å²) in [5.41, 5.74) is 3.95. The number of nitrogens with zero attached hydrogens (tertiary/aromatic N) is 4. The van der Waals surface area contributed by atoms with Crippen molar-refractivity contribution in [3.8, 4) is 0 Å². The fourth-order valence-corrected chi connectivity index (χ4v) is 6.05. The van der Waals surface area contributed by atoms with Crippen LogP contribution in [0, 0.1) is 6.92 Å². The summed E-state index contributed by atoms with van der Waals surface area (Å²) in [5.74, 6) is 0.618. The van der Waals surface area contributed by atoms with E-state index in [0.29, 0.717) is 24.0 Å². The van der Waals surface area contributed by atoms with Crippen molar-refractivity contribution in [1.82, 2.24) is 19.2 Å². The molecule has 0 aliphatic heterocycles. The van der Waals surface area contributed by atoms with Crippen molar-refractivity contribution < 1.29 is 8.42 Å². The van der Waals surface area contributed by atoms with Gasteiger partial charge < -0.3 is 5.32 Å². The maximum atomic E-state index is 13.8. The zero-order chi connectivity index (χ0) is 24.0. The zero-order valence-electron chi connectivity index (χ0n) is 19.3. The Bertz CT molecular complexity index is 1470. The van der Waals surface area contributed by atoms with Gasteiger partial charge >= 0.3 is 0 Å². The number of pyridine rings is 2. The van der Waals surface area contributed by atoms with E-state index in [4.69, 9.17) is 0 Å². The second-order valence-electron chi connectivity index (χ2n) is 9.24. The molecule has 1 aromatic carbocycles. The SMILES string of the molecule is Cc1ccc(S(=O)(=O)n2nc(NC3CC3)c3c2CC(c2ccncc2)(c2ccncc2)C=C3)cc1. The molecule has 1 saturated carbocycles. The molecule has 2 aliphatic rings. The molecule has 0 atom stereocenters. The Morgan fingerprint density at radius 2 is 1.51 bits per heavy atom. The van der Waals surface area contributed by atoms with Gasteiger partial charge in [-0.25, -0.2) is 0 Å². The van der Waals surface area contributed by atoms with E-state index in [0.717, 1.165) is 35.1 Å². The van der Waals surface area contributed by atoms with Crippen LogP contribution in [0.1, 0.15) is 40.8 Å². The lowest BCUT2D eigenvalue weighted by Crippen LogP contribution is -2.32. The van der Waals surface area contributed by atoms with E-state index in [9.17, 15) is 8.42 Å². The molecular weight excluding hydrogens is 458 g/mol. The van der Waals surface area contributed by atoms with Gasteiger partial charge in [0.1, 0.15) is 0 Å². The lowest BCUT2D eigenvalue weighted by molar-refractivity contribution is 0.564. The Balaban J connectivity index is 1.55. The van der Waals surface area contributed by atoms with E-state index in [1.54, 1.807) is 36.9 Å². The summed E-state index contributed by atoms with van der Waals surface area (Å²) in [6.45, 7) is 1.94. The lowest BCUT2D eigenvalue weighted by Gasteiger charge is -2.34. The summed E-state index contributed by atoms with van der Waals surface area (Å²) in [6, 6.07) is 15.2. The molecule has 0 saturated heterocycles. The van der Waals surface area contributed by atoms with Gasteiger partial charge in [-0.1, -0.05) is 29.8 Å². The van der Waals surface area contributed by atoms with Crippen molar-refractivity contribution in [2.75, 3.05) is 5.32 Å². The number of anilines is 1. The maximum Gasteiger partial charge on any atom is 0.283 e. The Labute approximate surface area is 204 Å². The minimum atomic E-state index is -3.90. The van der Waals surface area contributed by atoms with Crippen LogP contribution in [0.2, 0.25) is 0 Å². The van der Waals surface area contributed by atoms with Gasteiger partial charge in [0.25, 0.3) is 10.0 Å². The van der Waals surface area contributed by atoms with Crippen LogP contribution in [0.15, 0.2) is 84.3 Å². The third-order valence-electron chi connectivity index (χ3n) is 6.82. The fourth-order valence-electron chi connectivity index (χ4n) is 4.73. The van der Waals surface area contributed by atoms with Crippen LogP contribution in [-0.2, 0) is 21.9 Å². The first-order valence-electron chi connectivity index (χ1n) is 11.7. The Morgan fingerprint density at radius 3 is 2.09 bits per heavy atom. The average molecular weight is 484 g/mol. The van der Waals surface area contributed by atoms with Gasteiger partial charge in [-0.3, -0.25) is 9.97 Å². The van der Waals surface area contributed by atoms with Crippen molar-refractivity contribution in [2.24, 2.45) is 0 Å². The number of allylic oxidation sites excluding steroid dienone is 1. The number of aryl methyl sites for hydroxylation is 1. The molecule has 0 spiro atoms. The third-order valence-corrected chi connectivity index (χ3v) is 8.45. The average Bonchev–Trinajstić information content (AvgIpc) is 3.64. The Morgan fingerprint density at radius 1 is 0.914 bits per heavy atom. The molecule has 1 N–H and O–H groups in total. The van der Waals surface area contributed by atoms with Crippen molar-refractivity contribution in [2.45, 2.75) is 42.5 Å². The molecule has 2 aliphatic carbocycles. The largest absolute Gasteiger partial charge is 0.365 e. The van der Waals surface area contributed by atoms with E-state index in [2.05, 4.69) is 26.5 Å². The van der Waals surface area contributed by atoms with Crippen LogP contribution in [0.25, 0.3) is 6.08 Å². The molecule has 0 bridgehead atoms. The highest BCUT2D eigenvalue weighted by Gasteiger charge is 2.40. The molecule has 176 valence electrons. The monoisotopic (exact) mass is 483 g/mol. The number of hydrogen-bond donors (Lipinski definition) is 1. The van der Waals surface area contributed by atoms with Gasteiger partial charge in [-0.2, -0.15) is 12.5 Å². The summed E-state index contributed by atoms with van der Waals surface area (Å²) in [4.78, 5) is 8.62. The Hall–Kier alpha value is -3.78. The van der Waals surface area contributed by atoms with Crippen LogP contribution in [-0.4, -0.2) is 33.6 Å². The first-order chi connectivity index (χ1) is 17.0. The first-order valence-corrected chi connectivity index (χ1v) is 13.1. The number of benzene rings is 1. The standard InChI is InChI=1S/C27H25N5O2S/c1-19-2-6-23(7-3-19)35(33,34)32-25-18-27(20-9-14-28-15-10-20,21-11-16-29-17-12-21)13-8-24(25)26(31-32)30-22-4-5-22/h2-3,6-17,22H,4-5,18H2,1H3,(H,30,31). The number of rotatable bonds is 6. The van der Waals surface area contributed by atoms with Crippen molar-refractivity contribution in [3.05, 3.63) is 107 Å². The molecule has 3 aromatic heterocycles. The van der Waals surface area contributed by atoms with Crippen LogP contribution in [0.3, 0.4) is 0 Å². The van der Waals surface area contributed by atoms with Crippen molar-refractivity contribution in [1.29, 1.82) is 0 Å². The van der Waals surface area contributed by atoms with Gasteiger partial charge in [0.15, 0.2) is 5.82 Å². The summed E-state index contributed by atoms with van der Waals surface area (Å²) < 4.78 is 28.9.